The van der Waals surface area contributed by atoms with Gasteiger partial charge >= 0.3 is 5.97 Å². The Labute approximate surface area is 264 Å². The van der Waals surface area contributed by atoms with Crippen molar-refractivity contribution in [3.8, 4) is 23.2 Å². The fourth-order valence-corrected chi connectivity index (χ4v) is 4.82. The van der Waals surface area contributed by atoms with Gasteiger partial charge in [-0.1, -0.05) is 18.2 Å². The zero-order chi connectivity index (χ0) is 33.0. The number of imidazole rings is 1. The van der Waals surface area contributed by atoms with Crippen molar-refractivity contribution in [2.45, 2.75) is 45.9 Å². The van der Waals surface area contributed by atoms with E-state index in [9.17, 15) is 4.79 Å². The van der Waals surface area contributed by atoms with Gasteiger partial charge in [-0.15, -0.1) is 0 Å². The van der Waals surface area contributed by atoms with Crippen molar-refractivity contribution in [2.24, 2.45) is 0 Å². The molecule has 0 unspecified atom stereocenters. The Morgan fingerprint density at radius 1 is 0.978 bits per heavy atom. The predicted octanol–water partition coefficient (Wildman–Crippen LogP) is 7.16. The maximum atomic E-state index is 15.6. The highest BCUT2D eigenvalue weighted by Crippen LogP contribution is 2.31. The summed E-state index contributed by atoms with van der Waals surface area (Å²) in [6.07, 6.45) is -0.365. The number of nitriles is 1. The summed E-state index contributed by atoms with van der Waals surface area (Å²) in [5.41, 5.74) is 1.01. The first-order chi connectivity index (χ1) is 22.0. The van der Waals surface area contributed by atoms with Crippen LogP contribution in [-0.2, 0) is 29.0 Å². The second-order valence-electron chi connectivity index (χ2n) is 11.5. The predicted molar refractivity (Wildman–Crippen MR) is 165 cm³/mol. The lowest BCUT2D eigenvalue weighted by molar-refractivity contribution is 0.00696. The van der Waals surface area contributed by atoms with Gasteiger partial charge in [-0.05, 0) is 68.8 Å². The van der Waals surface area contributed by atoms with Gasteiger partial charge in [0.2, 0.25) is 5.88 Å². The van der Waals surface area contributed by atoms with Crippen LogP contribution in [-0.4, -0.2) is 39.8 Å². The molecule has 11 heteroatoms. The van der Waals surface area contributed by atoms with Crippen molar-refractivity contribution < 1.29 is 32.2 Å². The van der Waals surface area contributed by atoms with Crippen LogP contribution in [0, 0.1) is 28.8 Å². The molecule has 0 N–H and O–H groups in total. The zero-order valence-corrected chi connectivity index (χ0v) is 25.7. The first-order valence-corrected chi connectivity index (χ1v) is 14.4. The van der Waals surface area contributed by atoms with Gasteiger partial charge in [-0.3, -0.25) is 0 Å². The molecule has 0 spiro atoms. The van der Waals surface area contributed by atoms with E-state index >= 15 is 13.2 Å². The number of hydrogen-bond donors (Lipinski definition) is 0. The van der Waals surface area contributed by atoms with Gasteiger partial charge in [0.15, 0.2) is 11.6 Å². The van der Waals surface area contributed by atoms with E-state index in [1.807, 2.05) is 6.07 Å². The quantitative estimate of drug-likeness (QED) is 0.120. The highest BCUT2D eigenvalue weighted by Gasteiger charge is 2.24. The Hall–Kier alpha value is -5.21. The molecule has 5 rings (SSSR count). The third kappa shape index (κ3) is 7.19. The monoisotopic (exact) mass is 628 g/mol. The van der Waals surface area contributed by atoms with Gasteiger partial charge in [-0.2, -0.15) is 5.26 Å². The molecule has 46 heavy (non-hydrogen) atoms. The summed E-state index contributed by atoms with van der Waals surface area (Å²) in [7, 11) is 1.51. The number of aromatic nitrogens is 3. The van der Waals surface area contributed by atoms with Crippen molar-refractivity contribution >= 4 is 17.0 Å². The van der Waals surface area contributed by atoms with E-state index in [0.717, 1.165) is 11.6 Å². The van der Waals surface area contributed by atoms with Crippen LogP contribution < -0.4 is 4.74 Å². The number of nitrogens with zero attached hydrogens (tertiary/aromatic N) is 4. The molecule has 0 amide bonds. The smallest absolute Gasteiger partial charge is 0.338 e. The number of pyridine rings is 1. The number of rotatable bonds is 10. The van der Waals surface area contributed by atoms with Crippen molar-refractivity contribution in [1.82, 2.24) is 14.5 Å². The van der Waals surface area contributed by atoms with Crippen molar-refractivity contribution in [3.05, 3.63) is 112 Å². The SMILES string of the molecule is COCCn1c(Cc2c(F)cc(-c3cccc(OCc4ccc(C#N)cc4)n3)c(F)c2F)nc2ccc(C(=O)OC(C)(C)C)cc21. The largest absolute Gasteiger partial charge is 0.473 e. The minimum Gasteiger partial charge on any atom is -0.473 e. The first-order valence-electron chi connectivity index (χ1n) is 14.4. The molecule has 0 fully saturated rings. The van der Waals surface area contributed by atoms with Crippen LogP contribution in [0.5, 0.6) is 5.88 Å². The average Bonchev–Trinajstić information content (AvgIpc) is 3.38. The number of methoxy groups -OCH3 is 1. The van der Waals surface area contributed by atoms with E-state index in [1.165, 1.54) is 13.2 Å². The average molecular weight is 629 g/mol. The summed E-state index contributed by atoms with van der Waals surface area (Å²) in [5.74, 6) is -3.74. The molecular formula is C35H31F3N4O4. The number of carbonyl (C=O) groups is 1. The van der Waals surface area contributed by atoms with E-state index < -0.39 is 34.6 Å². The molecule has 0 aliphatic rings. The van der Waals surface area contributed by atoms with Crippen molar-refractivity contribution in [1.29, 1.82) is 5.26 Å². The number of hydrogen-bond acceptors (Lipinski definition) is 7. The number of halogens is 3. The minimum atomic E-state index is -1.36. The Morgan fingerprint density at radius 2 is 1.74 bits per heavy atom. The summed E-state index contributed by atoms with van der Waals surface area (Å²) >= 11 is 0. The third-order valence-corrected chi connectivity index (χ3v) is 7.04. The lowest BCUT2D eigenvalue weighted by Gasteiger charge is -2.19. The lowest BCUT2D eigenvalue weighted by Crippen LogP contribution is -2.23. The van der Waals surface area contributed by atoms with Gasteiger partial charge in [0, 0.05) is 37.3 Å². The van der Waals surface area contributed by atoms with Crippen LogP contribution in [0.1, 0.15) is 53.6 Å². The number of esters is 1. The number of benzene rings is 3. The first kappa shape index (κ1) is 32.2. The Bertz CT molecular complexity index is 1940. The Balaban J connectivity index is 1.43. The van der Waals surface area contributed by atoms with E-state index in [0.29, 0.717) is 16.6 Å². The van der Waals surface area contributed by atoms with Crippen molar-refractivity contribution in [3.63, 3.8) is 0 Å². The second kappa shape index (κ2) is 13.4. The summed E-state index contributed by atoms with van der Waals surface area (Å²) in [6, 6.07) is 19.0. The second-order valence-corrected chi connectivity index (χ2v) is 11.5. The topological polar surface area (TPSA) is 99.3 Å². The number of fused-ring (bicyclic) bond motifs is 1. The normalized spacial score (nSPS) is 11.4. The summed E-state index contributed by atoms with van der Waals surface area (Å²) in [5, 5.41) is 8.96. The van der Waals surface area contributed by atoms with Gasteiger partial charge < -0.3 is 18.8 Å². The van der Waals surface area contributed by atoms with Gasteiger partial charge in [0.1, 0.15) is 23.8 Å². The van der Waals surface area contributed by atoms with E-state index in [1.54, 1.807) is 79.9 Å². The standard InChI is InChI=1S/C35H31F3N4O4/c1-35(2,3)46-34(43)23-12-13-28-29(16-23)42(14-15-44-4)30(40-28)18-24-26(36)17-25(33(38)32(24)37)27-6-5-7-31(41-27)45-20-22-10-8-21(19-39)9-11-22/h5-13,16-17H,14-15,18,20H2,1-4H3. The molecule has 0 atom stereocenters. The van der Waals surface area contributed by atoms with Crippen molar-refractivity contribution in [2.75, 3.05) is 13.7 Å². The molecule has 0 radical (unpaired) electrons. The van der Waals surface area contributed by atoms with E-state index in [-0.39, 0.29) is 54.7 Å². The maximum Gasteiger partial charge on any atom is 0.338 e. The molecular weight excluding hydrogens is 597 g/mol. The molecule has 2 aromatic heterocycles. The third-order valence-electron chi connectivity index (χ3n) is 7.04. The maximum absolute atomic E-state index is 15.6. The molecule has 0 aliphatic heterocycles. The lowest BCUT2D eigenvalue weighted by atomic mass is 10.0. The molecule has 8 nitrogen and oxygen atoms in total. The fraction of sp³-hybridized carbons (Fsp3) is 0.257. The molecule has 236 valence electrons. The van der Waals surface area contributed by atoms with Crippen LogP contribution >= 0.6 is 0 Å². The highest BCUT2D eigenvalue weighted by molar-refractivity contribution is 5.94. The van der Waals surface area contributed by atoms with E-state index in [2.05, 4.69) is 9.97 Å². The van der Waals surface area contributed by atoms with Crippen LogP contribution in [0.15, 0.2) is 66.7 Å². The molecule has 0 aliphatic carbocycles. The van der Waals surface area contributed by atoms with Crippen LogP contribution in [0.2, 0.25) is 0 Å². The zero-order valence-electron chi connectivity index (χ0n) is 25.7. The number of ether oxygens (including phenoxy) is 3. The summed E-state index contributed by atoms with van der Waals surface area (Å²) in [4.78, 5) is 21.5. The molecule has 0 bridgehead atoms. The fourth-order valence-electron chi connectivity index (χ4n) is 4.82. The Kier molecular flexibility index (Phi) is 9.39. The van der Waals surface area contributed by atoms with Crippen LogP contribution in [0.25, 0.3) is 22.3 Å². The minimum absolute atomic E-state index is 0.0128. The molecule has 5 aromatic rings. The molecule has 0 saturated heterocycles. The van der Waals surface area contributed by atoms with Gasteiger partial charge in [0.25, 0.3) is 0 Å². The van der Waals surface area contributed by atoms with Gasteiger partial charge in [0.05, 0.1) is 40.5 Å². The summed E-state index contributed by atoms with van der Waals surface area (Å²) < 4.78 is 64.7. The van der Waals surface area contributed by atoms with Crippen LogP contribution in [0.4, 0.5) is 13.2 Å². The molecule has 3 aromatic carbocycles. The molecule has 2 heterocycles. The molecule has 0 saturated carbocycles. The van der Waals surface area contributed by atoms with E-state index in [4.69, 9.17) is 19.5 Å². The summed E-state index contributed by atoms with van der Waals surface area (Å²) in [6.45, 7) is 5.93. The highest BCUT2D eigenvalue weighted by atomic mass is 19.2. The van der Waals surface area contributed by atoms with Gasteiger partial charge in [-0.25, -0.2) is 27.9 Å². The Morgan fingerprint density at radius 3 is 2.43 bits per heavy atom. The number of carbonyl (C=O) groups excluding carboxylic acids is 1. The van der Waals surface area contributed by atoms with Crippen LogP contribution in [0.3, 0.4) is 0 Å².